The second-order valence-corrected chi connectivity index (χ2v) is 15.2. The van der Waals surface area contributed by atoms with Crippen LogP contribution in [-0.4, -0.2) is 73.4 Å². The van der Waals surface area contributed by atoms with E-state index in [4.69, 9.17) is 28.8 Å². The minimum absolute atomic E-state index is 0.156. The van der Waals surface area contributed by atoms with E-state index in [9.17, 15) is 22.8 Å². The molecule has 1 spiro atoms. The van der Waals surface area contributed by atoms with Crippen molar-refractivity contribution in [2.45, 2.75) is 152 Å². The van der Waals surface area contributed by atoms with Crippen molar-refractivity contribution in [3.63, 3.8) is 0 Å². The van der Waals surface area contributed by atoms with Crippen molar-refractivity contribution in [3.8, 4) is 0 Å². The lowest BCUT2D eigenvalue weighted by molar-refractivity contribution is -0.956. The number of hydrogen-bond acceptors (Lipinski definition) is 8. The van der Waals surface area contributed by atoms with Crippen LogP contribution in [0.3, 0.4) is 0 Å². The highest BCUT2D eigenvalue weighted by Crippen LogP contribution is 2.47. The van der Waals surface area contributed by atoms with E-state index in [-0.39, 0.29) is 6.10 Å². The number of benzene rings is 2. The molecule has 0 amide bonds. The first kappa shape index (κ1) is 44.1. The Balaban J connectivity index is 0.000000876. The van der Waals surface area contributed by atoms with Crippen molar-refractivity contribution in [2.24, 2.45) is 0 Å². The van der Waals surface area contributed by atoms with E-state index in [1.807, 2.05) is 60.7 Å². The fourth-order valence-electron chi connectivity index (χ4n) is 8.82. The zero-order valence-electron chi connectivity index (χ0n) is 32.4. The molecule has 0 saturated carbocycles. The van der Waals surface area contributed by atoms with E-state index in [2.05, 4.69) is 6.92 Å². The first-order chi connectivity index (χ1) is 26.5. The predicted molar refractivity (Wildman–Crippen MR) is 199 cm³/mol. The molecule has 0 aliphatic carbocycles. The molecule has 12 heteroatoms. The van der Waals surface area contributed by atoms with Crippen LogP contribution in [0.25, 0.3) is 0 Å². The van der Waals surface area contributed by atoms with Gasteiger partial charge in [0.2, 0.25) is 5.60 Å². The largest absolute Gasteiger partial charge is 0.542 e. The van der Waals surface area contributed by atoms with Crippen LogP contribution in [0.1, 0.15) is 134 Å². The van der Waals surface area contributed by atoms with E-state index in [0.717, 1.165) is 32.1 Å². The Bertz CT molecular complexity index is 1380. The maximum Gasteiger partial charge on any atom is 0.510 e. The molecule has 55 heavy (non-hydrogen) atoms. The Kier molecular flexibility index (Phi) is 17.8. The number of halogens is 3. The molecular formula is C43H60F3NO8. The third kappa shape index (κ3) is 12.7. The number of esters is 1. The van der Waals surface area contributed by atoms with Gasteiger partial charge in [-0.3, -0.25) is 0 Å². The summed E-state index contributed by atoms with van der Waals surface area (Å²) in [5.41, 5.74) is -0.317. The Labute approximate surface area is 324 Å². The van der Waals surface area contributed by atoms with Crippen LogP contribution in [-0.2, 0) is 34.1 Å². The summed E-state index contributed by atoms with van der Waals surface area (Å²) < 4.78 is 56.3. The number of carboxylic acid groups (broad SMARTS) is 1. The normalized spacial score (nSPS) is 20.0. The summed E-state index contributed by atoms with van der Waals surface area (Å²) in [7, 11) is 0. The lowest BCUT2D eigenvalue weighted by Gasteiger charge is -2.47. The van der Waals surface area contributed by atoms with Gasteiger partial charge in [-0.05, 0) is 17.5 Å². The predicted octanol–water partition coefficient (Wildman–Crippen LogP) is 8.90. The van der Waals surface area contributed by atoms with Gasteiger partial charge in [-0.2, -0.15) is 13.2 Å². The summed E-state index contributed by atoms with van der Waals surface area (Å²) in [6, 6.07) is 20.0. The number of hydrogen-bond donors (Lipinski definition) is 0. The van der Waals surface area contributed by atoms with E-state index in [0.29, 0.717) is 29.8 Å². The average Bonchev–Trinajstić information content (AvgIpc) is 3.72. The zero-order valence-corrected chi connectivity index (χ0v) is 32.4. The minimum Gasteiger partial charge on any atom is -0.542 e. The Morgan fingerprint density at radius 2 is 1.16 bits per heavy atom. The molecule has 5 rings (SSSR count). The molecule has 3 heterocycles. The molecule has 306 valence electrons. The minimum atomic E-state index is -5.19. The van der Waals surface area contributed by atoms with Crippen LogP contribution >= 0.6 is 0 Å². The summed E-state index contributed by atoms with van der Waals surface area (Å²) in [4.78, 5) is 35.8. The van der Waals surface area contributed by atoms with Crippen LogP contribution < -0.4 is 5.11 Å². The molecule has 0 radical (unpaired) electrons. The smallest absolute Gasteiger partial charge is 0.510 e. The summed E-state index contributed by atoms with van der Waals surface area (Å²) >= 11 is 0. The molecule has 3 aliphatic rings. The van der Waals surface area contributed by atoms with E-state index in [1.165, 1.54) is 101 Å². The van der Waals surface area contributed by atoms with Crippen molar-refractivity contribution >= 4 is 18.1 Å². The number of piperidine rings is 1. The second-order valence-electron chi connectivity index (χ2n) is 15.2. The van der Waals surface area contributed by atoms with Crippen LogP contribution in [0, 0.1) is 0 Å². The number of rotatable bonds is 20. The van der Waals surface area contributed by atoms with Gasteiger partial charge in [-0.25, -0.2) is 9.59 Å². The first-order valence-electron chi connectivity index (χ1n) is 20.4. The van der Waals surface area contributed by atoms with Crippen molar-refractivity contribution < 1.29 is 56.1 Å². The van der Waals surface area contributed by atoms with Crippen molar-refractivity contribution in [1.82, 2.24) is 0 Å². The highest BCUT2D eigenvalue weighted by atomic mass is 19.4. The topological polar surface area (TPSA) is 111 Å². The van der Waals surface area contributed by atoms with Gasteiger partial charge in [0.25, 0.3) is 0 Å². The highest BCUT2D eigenvalue weighted by Gasteiger charge is 2.57. The Morgan fingerprint density at radius 3 is 1.62 bits per heavy atom. The molecule has 2 unspecified atom stereocenters. The van der Waals surface area contributed by atoms with Gasteiger partial charge in [-0.1, -0.05) is 138 Å². The number of alkyl halides is 3. The molecule has 2 aromatic carbocycles. The van der Waals surface area contributed by atoms with Gasteiger partial charge < -0.3 is 33.3 Å². The first-order valence-corrected chi connectivity index (χ1v) is 20.4. The zero-order chi connectivity index (χ0) is 39.6. The van der Waals surface area contributed by atoms with Gasteiger partial charge in [0.05, 0.1) is 31.8 Å². The van der Waals surface area contributed by atoms with Gasteiger partial charge in [0, 0.05) is 38.5 Å². The molecule has 2 bridgehead atoms. The highest BCUT2D eigenvalue weighted by molar-refractivity contribution is 5.86. The van der Waals surface area contributed by atoms with Crippen molar-refractivity contribution in [2.75, 3.05) is 26.5 Å². The van der Waals surface area contributed by atoms with Gasteiger partial charge in [0.1, 0.15) is 12.1 Å². The Morgan fingerprint density at radius 1 is 0.709 bits per heavy atom. The molecule has 3 fully saturated rings. The fraction of sp³-hybridized carbons (Fsp3) is 0.651. The standard InChI is InChI=1S/C41H60NO6.C2HF3O2/c1-2-3-4-5-6-7-8-9-10-11-12-21-30-45-40(44)46-33-47-41(34-22-15-13-16-23-34,35-24-17-14-18-25-35)39(43)48-38-31-36-26-27-37(32-38)42(36)28-19-20-29-42;3-2(4,5)1(6)7/h13-18,22-25,36-38H,2-12,19-21,26-33H2,1H3;(H,6,7)/q+1;/p-1. The van der Waals surface area contributed by atoms with Crippen LogP contribution in [0.4, 0.5) is 18.0 Å². The molecule has 2 aromatic rings. The molecule has 0 N–H and O–H groups in total. The van der Waals surface area contributed by atoms with E-state index in [1.54, 1.807) is 0 Å². The molecule has 9 nitrogen and oxygen atoms in total. The lowest BCUT2D eigenvalue weighted by Crippen LogP contribution is -2.60. The van der Waals surface area contributed by atoms with E-state index >= 15 is 0 Å². The van der Waals surface area contributed by atoms with Crippen LogP contribution in [0.2, 0.25) is 0 Å². The number of carbonyl (C=O) groups excluding carboxylic acids is 3. The SMILES string of the molecule is CCCCCCCCCCCCCCOC(=O)OCOC(C(=O)OC1CC2CCC(C1)[N+]21CCCC1)(c1ccccc1)c1ccccc1.O=C([O-])C(F)(F)F. The summed E-state index contributed by atoms with van der Waals surface area (Å²) in [5, 5.41) is 8.78. The van der Waals surface area contributed by atoms with Gasteiger partial charge in [-0.15, -0.1) is 0 Å². The molecular weight excluding hydrogens is 715 g/mol. The van der Waals surface area contributed by atoms with Gasteiger partial charge in [0.15, 0.2) is 6.79 Å². The second kappa shape index (κ2) is 22.2. The number of carbonyl (C=O) groups is 3. The Hall–Kier alpha value is -3.64. The summed E-state index contributed by atoms with van der Waals surface area (Å²) in [6.07, 6.45) is 15.6. The molecule has 3 saturated heterocycles. The number of carboxylic acids is 1. The summed E-state index contributed by atoms with van der Waals surface area (Å²) in [5.74, 6) is -3.47. The monoisotopic (exact) mass is 775 g/mol. The van der Waals surface area contributed by atoms with Crippen molar-refractivity contribution in [1.29, 1.82) is 0 Å². The third-order valence-corrected chi connectivity index (χ3v) is 11.6. The number of aliphatic carboxylic acids is 1. The average molecular weight is 776 g/mol. The van der Waals surface area contributed by atoms with E-state index < -0.39 is 36.7 Å². The number of unbranched alkanes of at least 4 members (excludes halogenated alkanes) is 11. The maximum absolute atomic E-state index is 14.4. The maximum atomic E-state index is 14.4. The van der Waals surface area contributed by atoms with Crippen LogP contribution in [0.15, 0.2) is 60.7 Å². The number of quaternary nitrogens is 1. The number of ether oxygens (including phenoxy) is 4. The molecule has 2 atom stereocenters. The van der Waals surface area contributed by atoms with Gasteiger partial charge >= 0.3 is 18.3 Å². The third-order valence-electron chi connectivity index (χ3n) is 11.6. The molecule has 3 aliphatic heterocycles. The van der Waals surface area contributed by atoms with Crippen molar-refractivity contribution in [3.05, 3.63) is 71.8 Å². The fourth-order valence-corrected chi connectivity index (χ4v) is 8.82. The summed E-state index contributed by atoms with van der Waals surface area (Å²) in [6.45, 7) is 4.67. The van der Waals surface area contributed by atoms with Crippen LogP contribution in [0.5, 0.6) is 0 Å². The lowest BCUT2D eigenvalue weighted by atomic mass is 9.85. The molecule has 0 aromatic heterocycles. The quantitative estimate of drug-likeness (QED) is 0.0568. The number of nitrogens with zero attached hydrogens (tertiary/aromatic N) is 1.